The summed E-state index contributed by atoms with van der Waals surface area (Å²) in [6, 6.07) is 9.60. The van der Waals surface area contributed by atoms with Crippen LogP contribution in [0, 0.1) is 23.2 Å². The number of amides is 2. The molecule has 1 aliphatic heterocycles. The fourth-order valence-corrected chi connectivity index (χ4v) is 4.59. The first-order chi connectivity index (χ1) is 12.8. The van der Waals surface area contributed by atoms with E-state index in [1.54, 1.807) is 0 Å². The monoisotopic (exact) mass is 370 g/mol. The molecule has 0 bridgehead atoms. The molecule has 1 aliphatic carbocycles. The zero-order valence-corrected chi connectivity index (χ0v) is 17.0. The highest BCUT2D eigenvalue weighted by Crippen LogP contribution is 2.40. The Kier molecular flexibility index (Phi) is 6.23. The topological polar surface area (TPSA) is 49.4 Å². The minimum atomic E-state index is 0.00545. The van der Waals surface area contributed by atoms with Crippen molar-refractivity contribution in [1.29, 1.82) is 0 Å². The molecule has 4 nitrogen and oxygen atoms in total. The lowest BCUT2D eigenvalue weighted by Gasteiger charge is -2.39. The highest BCUT2D eigenvalue weighted by Gasteiger charge is 2.35. The van der Waals surface area contributed by atoms with Crippen molar-refractivity contribution in [1.82, 2.24) is 4.90 Å². The van der Waals surface area contributed by atoms with Crippen LogP contribution >= 0.6 is 0 Å². The Hall–Kier alpha value is -1.84. The van der Waals surface area contributed by atoms with Gasteiger partial charge in [0.05, 0.1) is 0 Å². The third-order valence-electron chi connectivity index (χ3n) is 6.52. The molecular weight excluding hydrogens is 336 g/mol. The van der Waals surface area contributed by atoms with Gasteiger partial charge in [-0.25, -0.2) is 0 Å². The van der Waals surface area contributed by atoms with Crippen molar-refractivity contribution in [2.75, 3.05) is 18.4 Å². The molecule has 27 heavy (non-hydrogen) atoms. The number of benzene rings is 1. The summed E-state index contributed by atoms with van der Waals surface area (Å²) in [6.07, 6.45) is 5.90. The second-order valence-electron chi connectivity index (χ2n) is 9.37. The molecule has 148 valence electrons. The predicted molar refractivity (Wildman–Crippen MR) is 109 cm³/mol. The number of hydrogen-bond donors (Lipinski definition) is 1. The Bertz CT molecular complexity index is 634. The van der Waals surface area contributed by atoms with Gasteiger partial charge in [0.25, 0.3) is 0 Å². The van der Waals surface area contributed by atoms with Gasteiger partial charge in [-0.1, -0.05) is 39.0 Å². The molecule has 0 unspecified atom stereocenters. The molecule has 1 aromatic rings. The molecule has 1 aromatic carbocycles. The Morgan fingerprint density at radius 2 is 1.48 bits per heavy atom. The normalized spacial score (nSPS) is 24.5. The number of likely N-dealkylation sites (tertiary alicyclic amines) is 1. The molecule has 1 saturated heterocycles. The first kappa shape index (κ1) is 19.9. The van der Waals surface area contributed by atoms with E-state index in [4.69, 9.17) is 0 Å². The van der Waals surface area contributed by atoms with Crippen molar-refractivity contribution >= 4 is 17.5 Å². The Labute approximate surface area is 163 Å². The number of anilines is 1. The lowest BCUT2D eigenvalue weighted by Crippen LogP contribution is -2.45. The third-order valence-corrected chi connectivity index (χ3v) is 6.52. The summed E-state index contributed by atoms with van der Waals surface area (Å²) in [4.78, 5) is 27.4. The van der Waals surface area contributed by atoms with E-state index in [1.807, 2.05) is 35.2 Å². The molecule has 1 saturated carbocycles. The quantitative estimate of drug-likeness (QED) is 0.837. The van der Waals surface area contributed by atoms with E-state index in [0.717, 1.165) is 50.1 Å². The first-order valence-corrected chi connectivity index (χ1v) is 10.5. The molecule has 2 aliphatic rings. The largest absolute Gasteiger partial charge is 0.342 e. The molecule has 1 heterocycles. The molecule has 1 N–H and O–H groups in total. The molecule has 0 aromatic heterocycles. The van der Waals surface area contributed by atoms with E-state index in [1.165, 1.54) is 0 Å². The molecule has 2 amide bonds. The maximum Gasteiger partial charge on any atom is 0.227 e. The van der Waals surface area contributed by atoms with E-state index in [2.05, 4.69) is 26.1 Å². The predicted octanol–water partition coefficient (Wildman–Crippen LogP) is 4.72. The van der Waals surface area contributed by atoms with Crippen molar-refractivity contribution in [3.05, 3.63) is 30.3 Å². The van der Waals surface area contributed by atoms with Crippen LogP contribution in [0.15, 0.2) is 30.3 Å². The van der Waals surface area contributed by atoms with E-state index >= 15 is 0 Å². The second kappa shape index (κ2) is 8.45. The van der Waals surface area contributed by atoms with Crippen molar-refractivity contribution in [2.24, 2.45) is 23.2 Å². The minimum Gasteiger partial charge on any atom is -0.342 e. The van der Waals surface area contributed by atoms with Gasteiger partial charge >= 0.3 is 0 Å². The van der Waals surface area contributed by atoms with Crippen LogP contribution in [-0.2, 0) is 9.59 Å². The van der Waals surface area contributed by atoms with Crippen molar-refractivity contribution in [3.63, 3.8) is 0 Å². The maximum absolute atomic E-state index is 12.9. The van der Waals surface area contributed by atoms with Gasteiger partial charge in [0.2, 0.25) is 11.8 Å². The highest BCUT2D eigenvalue weighted by atomic mass is 16.2. The molecule has 3 rings (SSSR count). The standard InChI is InChI=1S/C23H34N2O2/c1-23(2,3)19-11-9-18(10-12-19)22(27)25-15-13-17(14-16-25)21(26)24-20-7-5-4-6-8-20/h4-8,17-19H,9-16H2,1-3H3,(H,24,26). The summed E-state index contributed by atoms with van der Waals surface area (Å²) in [7, 11) is 0. The average molecular weight is 371 g/mol. The van der Waals surface area contributed by atoms with Crippen LogP contribution in [-0.4, -0.2) is 29.8 Å². The lowest BCUT2D eigenvalue weighted by molar-refractivity contribution is -0.139. The van der Waals surface area contributed by atoms with Gasteiger partial charge in [-0.15, -0.1) is 0 Å². The minimum absolute atomic E-state index is 0.00545. The maximum atomic E-state index is 12.9. The van der Waals surface area contributed by atoms with Crippen LogP contribution in [0.1, 0.15) is 59.3 Å². The summed E-state index contributed by atoms with van der Waals surface area (Å²) in [5, 5.41) is 3.00. The smallest absolute Gasteiger partial charge is 0.227 e. The number of nitrogens with zero attached hydrogens (tertiary/aromatic N) is 1. The van der Waals surface area contributed by atoms with Gasteiger partial charge in [0, 0.05) is 30.6 Å². The van der Waals surface area contributed by atoms with Gasteiger partial charge in [-0.2, -0.15) is 0 Å². The molecule has 4 heteroatoms. The van der Waals surface area contributed by atoms with Gasteiger partial charge < -0.3 is 10.2 Å². The van der Waals surface area contributed by atoms with Crippen molar-refractivity contribution in [3.8, 4) is 0 Å². The Balaban J connectivity index is 1.45. The number of para-hydroxylation sites is 1. The fourth-order valence-electron chi connectivity index (χ4n) is 4.59. The number of rotatable bonds is 3. The van der Waals surface area contributed by atoms with Crippen LogP contribution < -0.4 is 5.32 Å². The fraction of sp³-hybridized carbons (Fsp3) is 0.652. The molecule has 0 spiro atoms. The van der Waals surface area contributed by atoms with Crippen LogP contribution in [0.5, 0.6) is 0 Å². The number of carbonyl (C=O) groups excluding carboxylic acids is 2. The van der Waals surface area contributed by atoms with E-state index < -0.39 is 0 Å². The first-order valence-electron chi connectivity index (χ1n) is 10.5. The number of piperidine rings is 1. The number of carbonyl (C=O) groups is 2. The van der Waals surface area contributed by atoms with Crippen LogP contribution in [0.25, 0.3) is 0 Å². The number of hydrogen-bond acceptors (Lipinski definition) is 2. The molecular formula is C23H34N2O2. The molecule has 0 atom stereocenters. The molecule has 2 fully saturated rings. The van der Waals surface area contributed by atoms with Gasteiger partial charge in [0.15, 0.2) is 0 Å². The number of nitrogens with one attached hydrogen (secondary N) is 1. The summed E-state index contributed by atoms with van der Waals surface area (Å²) in [6.45, 7) is 8.36. The molecule has 0 radical (unpaired) electrons. The second-order valence-corrected chi connectivity index (χ2v) is 9.37. The summed E-state index contributed by atoms with van der Waals surface area (Å²) < 4.78 is 0. The Morgan fingerprint density at radius 1 is 0.889 bits per heavy atom. The van der Waals surface area contributed by atoms with E-state index in [0.29, 0.717) is 24.4 Å². The van der Waals surface area contributed by atoms with Crippen molar-refractivity contribution < 1.29 is 9.59 Å². The Morgan fingerprint density at radius 3 is 2.04 bits per heavy atom. The van der Waals surface area contributed by atoms with Gasteiger partial charge in [-0.05, 0) is 62.0 Å². The zero-order valence-electron chi connectivity index (χ0n) is 17.0. The van der Waals surface area contributed by atoms with Crippen LogP contribution in [0.4, 0.5) is 5.69 Å². The third kappa shape index (κ3) is 5.12. The van der Waals surface area contributed by atoms with Crippen LogP contribution in [0.3, 0.4) is 0 Å². The van der Waals surface area contributed by atoms with E-state index in [9.17, 15) is 9.59 Å². The SMILES string of the molecule is CC(C)(C)C1CCC(C(=O)N2CCC(C(=O)Nc3ccccc3)CC2)CC1. The van der Waals surface area contributed by atoms with Crippen LogP contribution in [0.2, 0.25) is 0 Å². The summed E-state index contributed by atoms with van der Waals surface area (Å²) in [5.41, 5.74) is 1.19. The zero-order chi connectivity index (χ0) is 19.4. The highest BCUT2D eigenvalue weighted by molar-refractivity contribution is 5.92. The average Bonchev–Trinajstić information content (AvgIpc) is 2.68. The van der Waals surface area contributed by atoms with E-state index in [-0.39, 0.29) is 17.7 Å². The van der Waals surface area contributed by atoms with Gasteiger partial charge in [0.1, 0.15) is 0 Å². The summed E-state index contributed by atoms with van der Waals surface area (Å²) in [5.74, 6) is 1.33. The summed E-state index contributed by atoms with van der Waals surface area (Å²) >= 11 is 0. The lowest BCUT2D eigenvalue weighted by atomic mass is 9.69. The van der Waals surface area contributed by atoms with Gasteiger partial charge in [-0.3, -0.25) is 9.59 Å². The van der Waals surface area contributed by atoms with Crippen molar-refractivity contribution in [2.45, 2.75) is 59.3 Å².